The quantitative estimate of drug-likeness (QED) is 0.254. The normalized spacial score (nSPS) is 14.7. The highest BCUT2D eigenvalue weighted by Gasteiger charge is 2.35. The van der Waals surface area contributed by atoms with Gasteiger partial charge in [0, 0.05) is 17.6 Å². The largest absolute Gasteiger partial charge is 0.352 e. The Hall–Kier alpha value is -3.07. The molecule has 0 saturated heterocycles. The lowest BCUT2D eigenvalue weighted by molar-refractivity contribution is -0.140. The number of benzene rings is 3. The van der Waals surface area contributed by atoms with Gasteiger partial charge < -0.3 is 10.2 Å². The Balaban J connectivity index is 1.73. The molecule has 1 saturated carbocycles. The van der Waals surface area contributed by atoms with Crippen LogP contribution in [0, 0.1) is 6.92 Å². The van der Waals surface area contributed by atoms with Crippen molar-refractivity contribution in [2.24, 2.45) is 0 Å². The van der Waals surface area contributed by atoms with Crippen molar-refractivity contribution in [2.45, 2.75) is 75.9 Å². The van der Waals surface area contributed by atoms with E-state index in [2.05, 4.69) is 5.32 Å². The van der Waals surface area contributed by atoms with Crippen LogP contribution >= 0.6 is 23.2 Å². The van der Waals surface area contributed by atoms with Crippen LogP contribution in [0.1, 0.15) is 56.6 Å². The maximum atomic E-state index is 14.3. The molecule has 1 aliphatic carbocycles. The number of sulfonamides is 1. The standard InChI is InChI=1S/C32H37Cl2N3O4S/c1-3-29(32(39)35-26-14-6-4-7-15-26)36(21-24-13-11-10-12-23(24)2)31(38)22-37(30-19-18-25(33)20-28(30)34)42(40,41)27-16-8-5-9-17-27/h5,8-13,16-20,26,29H,3-4,6-7,14-15,21-22H2,1-2H3,(H,35,39). The van der Waals surface area contributed by atoms with Gasteiger partial charge in [0.2, 0.25) is 11.8 Å². The summed E-state index contributed by atoms with van der Waals surface area (Å²) >= 11 is 12.6. The lowest BCUT2D eigenvalue weighted by Crippen LogP contribution is -2.54. The summed E-state index contributed by atoms with van der Waals surface area (Å²) in [4.78, 5) is 29.4. The minimum atomic E-state index is -4.22. The highest BCUT2D eigenvalue weighted by atomic mass is 35.5. The van der Waals surface area contributed by atoms with Crippen molar-refractivity contribution in [3.05, 3.63) is 94.0 Å². The number of nitrogens with one attached hydrogen (secondary N) is 1. The number of anilines is 1. The van der Waals surface area contributed by atoms with Crippen molar-refractivity contribution < 1.29 is 18.0 Å². The fourth-order valence-corrected chi connectivity index (χ4v) is 7.37. The van der Waals surface area contributed by atoms with Gasteiger partial charge in [0.1, 0.15) is 12.6 Å². The van der Waals surface area contributed by atoms with Crippen LogP contribution in [0.3, 0.4) is 0 Å². The molecule has 0 aromatic heterocycles. The van der Waals surface area contributed by atoms with Crippen LogP contribution in [0.25, 0.3) is 0 Å². The number of halogens is 2. The lowest BCUT2D eigenvalue weighted by atomic mass is 9.95. The van der Waals surface area contributed by atoms with Crippen LogP contribution in [0.4, 0.5) is 5.69 Å². The number of carbonyl (C=O) groups excluding carboxylic acids is 2. The second kappa shape index (κ2) is 14.4. The van der Waals surface area contributed by atoms with Gasteiger partial charge in [0.25, 0.3) is 10.0 Å². The first-order valence-electron chi connectivity index (χ1n) is 14.3. The zero-order chi connectivity index (χ0) is 30.3. The summed E-state index contributed by atoms with van der Waals surface area (Å²) in [6.07, 6.45) is 5.45. The Morgan fingerprint density at radius 2 is 1.62 bits per heavy atom. The van der Waals surface area contributed by atoms with Crippen LogP contribution in [0.5, 0.6) is 0 Å². The third kappa shape index (κ3) is 7.65. The van der Waals surface area contributed by atoms with Gasteiger partial charge >= 0.3 is 0 Å². The van der Waals surface area contributed by atoms with Gasteiger partial charge in [-0.3, -0.25) is 13.9 Å². The van der Waals surface area contributed by atoms with Crippen LogP contribution in [-0.2, 0) is 26.2 Å². The second-order valence-corrected chi connectivity index (χ2v) is 13.3. The number of amides is 2. The van der Waals surface area contributed by atoms with Crippen molar-refractivity contribution in [1.82, 2.24) is 10.2 Å². The van der Waals surface area contributed by atoms with Gasteiger partial charge in [-0.2, -0.15) is 0 Å². The van der Waals surface area contributed by atoms with Crippen LogP contribution in [0.2, 0.25) is 10.0 Å². The fourth-order valence-electron chi connectivity index (χ4n) is 5.35. The Morgan fingerprint density at radius 1 is 0.952 bits per heavy atom. The van der Waals surface area contributed by atoms with E-state index in [0.29, 0.717) is 11.4 Å². The van der Waals surface area contributed by atoms with Crippen molar-refractivity contribution in [3.63, 3.8) is 0 Å². The van der Waals surface area contributed by atoms with Crippen molar-refractivity contribution >= 4 is 50.7 Å². The van der Waals surface area contributed by atoms with E-state index >= 15 is 0 Å². The van der Waals surface area contributed by atoms with E-state index in [1.165, 1.54) is 35.2 Å². The maximum Gasteiger partial charge on any atom is 0.264 e. The molecule has 0 aliphatic heterocycles. The van der Waals surface area contributed by atoms with E-state index in [-0.39, 0.29) is 34.1 Å². The molecule has 42 heavy (non-hydrogen) atoms. The Labute approximate surface area is 258 Å². The summed E-state index contributed by atoms with van der Waals surface area (Å²) in [7, 11) is -4.22. The molecule has 1 fully saturated rings. The topological polar surface area (TPSA) is 86.8 Å². The zero-order valence-electron chi connectivity index (χ0n) is 23.9. The predicted molar refractivity (Wildman–Crippen MR) is 168 cm³/mol. The van der Waals surface area contributed by atoms with E-state index in [1.54, 1.807) is 18.2 Å². The molecule has 4 rings (SSSR count). The van der Waals surface area contributed by atoms with E-state index in [0.717, 1.165) is 47.5 Å². The first-order chi connectivity index (χ1) is 20.1. The summed E-state index contributed by atoms with van der Waals surface area (Å²) in [6.45, 7) is 3.39. The van der Waals surface area contributed by atoms with E-state index in [4.69, 9.17) is 23.2 Å². The number of rotatable bonds is 11. The first-order valence-corrected chi connectivity index (χ1v) is 16.5. The Morgan fingerprint density at radius 3 is 2.26 bits per heavy atom. The third-order valence-electron chi connectivity index (χ3n) is 7.73. The molecule has 1 aliphatic rings. The summed E-state index contributed by atoms with van der Waals surface area (Å²) in [6, 6.07) is 19.3. The first kappa shape index (κ1) is 31.9. The minimum absolute atomic E-state index is 0.0105. The molecular weight excluding hydrogens is 593 g/mol. The van der Waals surface area contributed by atoms with Crippen LogP contribution in [0.15, 0.2) is 77.7 Å². The molecule has 0 bridgehead atoms. The highest BCUT2D eigenvalue weighted by Crippen LogP contribution is 2.33. The Bertz CT molecular complexity index is 1490. The van der Waals surface area contributed by atoms with Crippen molar-refractivity contribution in [2.75, 3.05) is 10.8 Å². The monoisotopic (exact) mass is 629 g/mol. The minimum Gasteiger partial charge on any atom is -0.352 e. The number of hydrogen-bond donors (Lipinski definition) is 1. The van der Waals surface area contributed by atoms with Crippen LogP contribution < -0.4 is 9.62 Å². The molecule has 3 aromatic rings. The summed E-state index contributed by atoms with van der Waals surface area (Å²) in [5, 5.41) is 3.58. The SMILES string of the molecule is CCC(C(=O)NC1CCCCC1)N(Cc1ccccc1C)C(=O)CN(c1ccc(Cl)cc1Cl)S(=O)(=O)c1ccccc1. The Kier molecular flexibility index (Phi) is 10.9. The fraction of sp³-hybridized carbons (Fsp3) is 0.375. The second-order valence-electron chi connectivity index (χ2n) is 10.6. The molecule has 1 atom stereocenters. The molecule has 1 N–H and O–H groups in total. The maximum absolute atomic E-state index is 14.3. The summed E-state index contributed by atoms with van der Waals surface area (Å²) < 4.78 is 28.9. The van der Waals surface area contributed by atoms with Gasteiger partial charge in [0.05, 0.1) is 15.6 Å². The van der Waals surface area contributed by atoms with Gasteiger partial charge in [-0.15, -0.1) is 0 Å². The van der Waals surface area contributed by atoms with Crippen LogP contribution in [-0.4, -0.2) is 43.8 Å². The molecular formula is C32H37Cl2N3O4S. The van der Waals surface area contributed by atoms with Gasteiger partial charge in [-0.05, 0) is 67.6 Å². The van der Waals surface area contributed by atoms with E-state index in [9.17, 15) is 18.0 Å². The van der Waals surface area contributed by atoms with Crippen molar-refractivity contribution in [1.29, 1.82) is 0 Å². The van der Waals surface area contributed by atoms with E-state index < -0.39 is 28.5 Å². The van der Waals surface area contributed by atoms with Gasteiger partial charge in [-0.1, -0.05) is 91.9 Å². The zero-order valence-corrected chi connectivity index (χ0v) is 26.3. The van der Waals surface area contributed by atoms with E-state index in [1.807, 2.05) is 38.1 Å². The van der Waals surface area contributed by atoms with Crippen molar-refractivity contribution in [3.8, 4) is 0 Å². The number of hydrogen-bond acceptors (Lipinski definition) is 4. The molecule has 0 radical (unpaired) electrons. The molecule has 1 unspecified atom stereocenters. The average Bonchev–Trinajstić information content (AvgIpc) is 2.98. The predicted octanol–water partition coefficient (Wildman–Crippen LogP) is 6.75. The highest BCUT2D eigenvalue weighted by molar-refractivity contribution is 7.92. The third-order valence-corrected chi connectivity index (χ3v) is 10.0. The number of aryl methyl sites for hydroxylation is 1. The molecule has 3 aromatic carbocycles. The number of carbonyl (C=O) groups is 2. The van der Waals surface area contributed by atoms with Gasteiger partial charge in [-0.25, -0.2) is 8.42 Å². The smallest absolute Gasteiger partial charge is 0.264 e. The molecule has 0 spiro atoms. The molecule has 2 amide bonds. The summed E-state index contributed by atoms with van der Waals surface area (Å²) in [5.74, 6) is -0.747. The molecule has 10 heteroatoms. The average molecular weight is 631 g/mol. The molecule has 0 heterocycles. The lowest BCUT2D eigenvalue weighted by Gasteiger charge is -2.35. The summed E-state index contributed by atoms with van der Waals surface area (Å²) in [5.41, 5.74) is 1.96. The van der Waals surface area contributed by atoms with Gasteiger partial charge in [0.15, 0.2) is 0 Å². The number of nitrogens with zero attached hydrogens (tertiary/aromatic N) is 2. The molecule has 224 valence electrons. The molecule has 7 nitrogen and oxygen atoms in total.